The van der Waals surface area contributed by atoms with Crippen LogP contribution in [-0.2, 0) is 14.4 Å². The average molecular weight is 351 g/mol. The lowest BCUT2D eigenvalue weighted by atomic mass is 10.3. The van der Waals surface area contributed by atoms with Crippen molar-refractivity contribution in [3.63, 3.8) is 0 Å². The Morgan fingerprint density at radius 2 is 1.45 bits per heavy atom. The third-order valence-electron chi connectivity index (χ3n) is 2.43. The van der Waals surface area contributed by atoms with Crippen molar-refractivity contribution >= 4 is 41.3 Å². The van der Waals surface area contributed by atoms with Crippen molar-refractivity contribution in [1.82, 2.24) is 10.6 Å². The van der Waals surface area contributed by atoms with Crippen LogP contribution in [0.25, 0.3) is 0 Å². The second-order valence-electron chi connectivity index (χ2n) is 4.94. The molecular formula is C14H26N2O4S2. The monoisotopic (exact) mass is 350 g/mol. The van der Waals surface area contributed by atoms with E-state index in [0.717, 1.165) is 11.5 Å². The van der Waals surface area contributed by atoms with Gasteiger partial charge in [0.2, 0.25) is 11.8 Å². The van der Waals surface area contributed by atoms with E-state index in [9.17, 15) is 14.4 Å². The molecule has 0 radical (unpaired) electrons. The molecule has 2 amide bonds. The summed E-state index contributed by atoms with van der Waals surface area (Å²) in [7, 11) is 0. The molecule has 0 saturated heterocycles. The average Bonchev–Trinajstić information content (AvgIpc) is 2.41. The van der Waals surface area contributed by atoms with Crippen LogP contribution in [0.2, 0.25) is 0 Å². The summed E-state index contributed by atoms with van der Waals surface area (Å²) in [6, 6.07) is 0.164. The van der Waals surface area contributed by atoms with Crippen molar-refractivity contribution in [3.05, 3.63) is 0 Å². The first kappa shape index (κ1) is 21.1. The van der Waals surface area contributed by atoms with Crippen LogP contribution < -0.4 is 10.6 Å². The molecule has 0 aromatic carbocycles. The van der Waals surface area contributed by atoms with Crippen molar-refractivity contribution in [1.29, 1.82) is 0 Å². The SMILES string of the molecule is CC(C)NC(=O)CCSCCC(=O)NCCSCCC(=O)O. The number of thioether (sulfide) groups is 2. The number of aliphatic carboxylic acids is 1. The van der Waals surface area contributed by atoms with Crippen LogP contribution in [0, 0.1) is 0 Å². The van der Waals surface area contributed by atoms with Crippen LogP contribution in [-0.4, -0.2) is 58.5 Å². The maximum atomic E-state index is 11.5. The highest BCUT2D eigenvalue weighted by molar-refractivity contribution is 7.99. The van der Waals surface area contributed by atoms with Crippen molar-refractivity contribution in [2.45, 2.75) is 39.2 Å². The summed E-state index contributed by atoms with van der Waals surface area (Å²) in [5.74, 6) is 1.96. The molecule has 0 rings (SSSR count). The molecule has 0 aliphatic rings. The third kappa shape index (κ3) is 15.5. The van der Waals surface area contributed by atoms with E-state index in [1.807, 2.05) is 13.8 Å². The lowest BCUT2D eigenvalue weighted by molar-refractivity contribution is -0.136. The lowest BCUT2D eigenvalue weighted by Crippen LogP contribution is -2.30. The number of nitrogens with one attached hydrogen (secondary N) is 2. The summed E-state index contributed by atoms with van der Waals surface area (Å²) in [6.07, 6.45) is 1.07. The van der Waals surface area contributed by atoms with E-state index >= 15 is 0 Å². The van der Waals surface area contributed by atoms with Gasteiger partial charge in [-0.2, -0.15) is 23.5 Å². The van der Waals surface area contributed by atoms with Gasteiger partial charge < -0.3 is 15.7 Å². The fourth-order valence-electron chi connectivity index (χ4n) is 1.44. The number of amides is 2. The number of hydrogen-bond acceptors (Lipinski definition) is 5. The maximum absolute atomic E-state index is 11.5. The molecule has 0 spiro atoms. The highest BCUT2D eigenvalue weighted by Crippen LogP contribution is 2.05. The van der Waals surface area contributed by atoms with Crippen LogP contribution in [0.4, 0.5) is 0 Å². The molecule has 3 N–H and O–H groups in total. The normalized spacial score (nSPS) is 10.5. The van der Waals surface area contributed by atoms with Gasteiger partial charge in [0.05, 0.1) is 6.42 Å². The summed E-state index contributed by atoms with van der Waals surface area (Å²) in [5.41, 5.74) is 0. The minimum absolute atomic E-state index is 0.00188. The van der Waals surface area contributed by atoms with Crippen LogP contribution in [0.3, 0.4) is 0 Å². The Kier molecular flexibility index (Phi) is 13.2. The van der Waals surface area contributed by atoms with Gasteiger partial charge in [-0.05, 0) is 13.8 Å². The first-order valence-corrected chi connectivity index (χ1v) is 9.66. The van der Waals surface area contributed by atoms with Gasteiger partial charge in [-0.15, -0.1) is 0 Å². The van der Waals surface area contributed by atoms with Gasteiger partial charge in [-0.3, -0.25) is 14.4 Å². The van der Waals surface area contributed by atoms with E-state index < -0.39 is 5.97 Å². The molecule has 0 fully saturated rings. The minimum atomic E-state index is -0.796. The van der Waals surface area contributed by atoms with E-state index in [1.54, 1.807) is 11.8 Å². The zero-order chi connectivity index (χ0) is 16.8. The molecule has 0 unspecified atom stereocenters. The van der Waals surface area contributed by atoms with E-state index in [1.165, 1.54) is 11.8 Å². The summed E-state index contributed by atoms with van der Waals surface area (Å²) in [5, 5.41) is 14.1. The summed E-state index contributed by atoms with van der Waals surface area (Å²) < 4.78 is 0. The van der Waals surface area contributed by atoms with Gasteiger partial charge in [0.1, 0.15) is 0 Å². The Balaban J connectivity index is 3.36. The van der Waals surface area contributed by atoms with Crippen molar-refractivity contribution in [2.75, 3.05) is 29.6 Å². The third-order valence-corrected chi connectivity index (χ3v) is 4.40. The summed E-state index contributed by atoms with van der Waals surface area (Å²) in [6.45, 7) is 4.41. The molecule has 22 heavy (non-hydrogen) atoms. The molecule has 0 aliphatic carbocycles. The second kappa shape index (κ2) is 13.8. The molecule has 8 heteroatoms. The van der Waals surface area contributed by atoms with Crippen LogP contribution in [0.5, 0.6) is 0 Å². The van der Waals surface area contributed by atoms with Crippen LogP contribution in [0.1, 0.15) is 33.1 Å². The van der Waals surface area contributed by atoms with Gasteiger partial charge in [0.25, 0.3) is 0 Å². The minimum Gasteiger partial charge on any atom is -0.481 e. The zero-order valence-electron chi connectivity index (χ0n) is 13.2. The molecule has 128 valence electrons. The summed E-state index contributed by atoms with van der Waals surface area (Å²) >= 11 is 3.11. The fourth-order valence-corrected chi connectivity index (χ4v) is 3.07. The van der Waals surface area contributed by atoms with Crippen LogP contribution >= 0.6 is 23.5 Å². The van der Waals surface area contributed by atoms with E-state index in [4.69, 9.17) is 5.11 Å². The molecule has 6 nitrogen and oxygen atoms in total. The number of hydrogen-bond donors (Lipinski definition) is 3. The van der Waals surface area contributed by atoms with Crippen molar-refractivity contribution < 1.29 is 19.5 Å². The molecule has 0 bridgehead atoms. The van der Waals surface area contributed by atoms with Crippen LogP contribution in [0.15, 0.2) is 0 Å². The molecule has 0 heterocycles. The van der Waals surface area contributed by atoms with E-state index in [2.05, 4.69) is 10.6 Å². The topological polar surface area (TPSA) is 95.5 Å². The van der Waals surface area contributed by atoms with Gasteiger partial charge in [-0.1, -0.05) is 0 Å². The molecular weight excluding hydrogens is 324 g/mol. The standard InChI is InChI=1S/C14H26N2O4S2/c1-11(2)16-13(18)4-8-21-7-3-12(17)15-6-10-22-9-5-14(19)20/h11H,3-10H2,1-2H3,(H,15,17)(H,16,18)(H,19,20). The van der Waals surface area contributed by atoms with E-state index in [-0.39, 0.29) is 24.3 Å². The number of carbonyl (C=O) groups excluding carboxylic acids is 2. The Labute approximate surface area is 140 Å². The van der Waals surface area contributed by atoms with Crippen molar-refractivity contribution in [2.24, 2.45) is 0 Å². The summed E-state index contributed by atoms with van der Waals surface area (Å²) in [4.78, 5) is 33.2. The fraction of sp³-hybridized carbons (Fsp3) is 0.786. The Morgan fingerprint density at radius 1 is 0.909 bits per heavy atom. The first-order valence-electron chi connectivity index (χ1n) is 7.35. The smallest absolute Gasteiger partial charge is 0.304 e. The van der Waals surface area contributed by atoms with Gasteiger partial charge in [0.15, 0.2) is 0 Å². The largest absolute Gasteiger partial charge is 0.481 e. The highest BCUT2D eigenvalue weighted by Gasteiger charge is 2.04. The molecule has 0 atom stereocenters. The first-order chi connectivity index (χ1) is 10.4. The maximum Gasteiger partial charge on any atom is 0.304 e. The van der Waals surface area contributed by atoms with Gasteiger partial charge >= 0.3 is 5.97 Å². The Morgan fingerprint density at radius 3 is 2.05 bits per heavy atom. The molecule has 0 saturated carbocycles. The highest BCUT2D eigenvalue weighted by atomic mass is 32.2. The predicted molar refractivity (Wildman–Crippen MR) is 92.4 cm³/mol. The Bertz CT molecular complexity index is 352. The number of carboxylic acids is 1. The molecule has 0 aromatic heterocycles. The van der Waals surface area contributed by atoms with Gasteiger partial charge in [-0.25, -0.2) is 0 Å². The second-order valence-corrected chi connectivity index (χ2v) is 7.39. The zero-order valence-corrected chi connectivity index (χ0v) is 14.9. The van der Waals surface area contributed by atoms with Crippen molar-refractivity contribution in [3.8, 4) is 0 Å². The number of carbonyl (C=O) groups is 3. The predicted octanol–water partition coefficient (Wildman–Crippen LogP) is 1.35. The molecule has 0 aliphatic heterocycles. The quantitative estimate of drug-likeness (QED) is 0.434. The Hall–Kier alpha value is -0.890. The lowest BCUT2D eigenvalue weighted by Gasteiger charge is -2.08. The number of rotatable bonds is 13. The van der Waals surface area contributed by atoms with Gasteiger partial charge in [0, 0.05) is 48.4 Å². The molecule has 0 aromatic rings. The number of carboxylic acid groups (broad SMARTS) is 1. The van der Waals surface area contributed by atoms with E-state index in [0.29, 0.717) is 30.9 Å².